The molecule has 0 aliphatic carbocycles. The van der Waals surface area contributed by atoms with E-state index in [9.17, 15) is 9.59 Å². The van der Waals surface area contributed by atoms with Crippen molar-refractivity contribution in [2.45, 2.75) is 39.5 Å². The Morgan fingerprint density at radius 3 is 1.15 bits per heavy atom. The molecule has 0 heterocycles. The van der Waals surface area contributed by atoms with Crippen LogP contribution in [0.4, 0.5) is 0 Å². The van der Waals surface area contributed by atoms with E-state index in [1.807, 2.05) is 13.8 Å². The van der Waals surface area contributed by atoms with Gasteiger partial charge in [0.05, 0.1) is 0 Å². The minimum Gasteiger partial charge on any atom is -0.481 e. The maximum absolute atomic E-state index is 9.60. The quantitative estimate of drug-likeness (QED) is 0.769. The van der Waals surface area contributed by atoms with Gasteiger partial charge in [0.15, 0.2) is 0 Å². The number of hydrogen-bond acceptors (Lipinski definition) is 2. The van der Waals surface area contributed by atoms with Gasteiger partial charge in [-0.25, -0.2) is 0 Å². The molecule has 0 spiro atoms. The Labute approximate surface area is 95.1 Å². The largest absolute Gasteiger partial charge is 0.481 e. The van der Waals surface area contributed by atoms with Gasteiger partial charge in [-0.1, -0.05) is 13.8 Å². The summed E-state index contributed by atoms with van der Waals surface area (Å²) in [6, 6.07) is 0. The summed E-state index contributed by atoms with van der Waals surface area (Å²) in [6.45, 7) is 3.68. The van der Waals surface area contributed by atoms with Crippen LogP contribution in [0.25, 0.3) is 0 Å². The topological polar surface area (TPSA) is 74.6 Å². The molecule has 0 saturated heterocycles. The SMILES string of the molecule is CCCC(=O)O.CCCC(=O)O.[Te]. The Morgan fingerprint density at radius 2 is 1.15 bits per heavy atom. The third-order valence-electron chi connectivity index (χ3n) is 0.928. The number of carboxylic acids is 2. The third-order valence-corrected chi connectivity index (χ3v) is 0.928. The standard InChI is InChI=1S/2C4H8O2.Te/c2*1-2-3-4(5)6;/h2*2-3H2,1H3,(H,5,6);. The van der Waals surface area contributed by atoms with E-state index in [-0.39, 0.29) is 23.7 Å². The molecule has 0 bridgehead atoms. The van der Waals surface area contributed by atoms with Crippen LogP contribution in [-0.4, -0.2) is 45.8 Å². The van der Waals surface area contributed by atoms with Crippen LogP contribution in [0.2, 0.25) is 0 Å². The molecule has 78 valence electrons. The Balaban J connectivity index is -0.000000143. The summed E-state index contributed by atoms with van der Waals surface area (Å²) in [5.74, 6) is -1.42. The van der Waals surface area contributed by atoms with Gasteiger partial charge in [-0.15, -0.1) is 0 Å². The van der Waals surface area contributed by atoms with Crippen LogP contribution >= 0.6 is 0 Å². The zero-order chi connectivity index (χ0) is 9.98. The molecule has 0 saturated carbocycles. The molecule has 0 aromatic heterocycles. The third kappa shape index (κ3) is 33.8. The molecule has 0 atom stereocenters. The van der Waals surface area contributed by atoms with Crippen LogP contribution in [0.3, 0.4) is 0 Å². The first-order chi connectivity index (χ1) is 5.54. The second kappa shape index (κ2) is 14.3. The fourth-order valence-electron chi connectivity index (χ4n) is 0.428. The van der Waals surface area contributed by atoms with Crippen LogP contribution in [0.15, 0.2) is 0 Å². The molecule has 0 fully saturated rings. The first-order valence-corrected chi connectivity index (χ1v) is 3.98. The molecule has 2 N–H and O–H groups in total. The number of carboxylic acid groups (broad SMARTS) is 2. The van der Waals surface area contributed by atoms with Crippen molar-refractivity contribution in [2.75, 3.05) is 0 Å². The van der Waals surface area contributed by atoms with Crippen LogP contribution in [0.5, 0.6) is 0 Å². The summed E-state index contributed by atoms with van der Waals surface area (Å²) in [6.07, 6.45) is 2.05. The molecule has 13 heavy (non-hydrogen) atoms. The summed E-state index contributed by atoms with van der Waals surface area (Å²) in [5, 5.41) is 15.8. The van der Waals surface area contributed by atoms with Gasteiger partial charge in [-0.2, -0.15) is 0 Å². The molecule has 2 radical (unpaired) electrons. The Kier molecular flexibility index (Phi) is 20.3. The average Bonchev–Trinajstić information content (AvgIpc) is 1.87. The molecule has 4 nitrogen and oxygen atoms in total. The predicted octanol–water partition coefficient (Wildman–Crippen LogP) is 1.36. The monoisotopic (exact) mass is 306 g/mol. The molecule has 0 aromatic carbocycles. The summed E-state index contributed by atoms with van der Waals surface area (Å²) in [7, 11) is 0. The molecule has 0 amide bonds. The van der Waals surface area contributed by atoms with Gasteiger partial charge in [0, 0.05) is 36.5 Å². The van der Waals surface area contributed by atoms with Gasteiger partial charge >= 0.3 is 11.9 Å². The zero-order valence-corrected chi connectivity index (χ0v) is 10.3. The fraction of sp³-hybridized carbons (Fsp3) is 0.750. The van der Waals surface area contributed by atoms with E-state index < -0.39 is 11.9 Å². The first-order valence-electron chi connectivity index (χ1n) is 3.98. The van der Waals surface area contributed by atoms with Gasteiger partial charge in [0.25, 0.3) is 0 Å². The normalized spacial score (nSPS) is 7.54. The van der Waals surface area contributed by atoms with E-state index in [4.69, 9.17) is 10.2 Å². The van der Waals surface area contributed by atoms with E-state index in [1.54, 1.807) is 0 Å². The van der Waals surface area contributed by atoms with Gasteiger partial charge < -0.3 is 10.2 Å². The number of carbonyl (C=O) groups is 2. The van der Waals surface area contributed by atoms with Crippen LogP contribution in [-0.2, 0) is 9.59 Å². The molecule has 5 heteroatoms. The van der Waals surface area contributed by atoms with Gasteiger partial charge in [-0.05, 0) is 12.8 Å². The van der Waals surface area contributed by atoms with Crippen LogP contribution < -0.4 is 0 Å². The summed E-state index contributed by atoms with van der Waals surface area (Å²) in [4.78, 5) is 19.2. The zero-order valence-electron chi connectivity index (χ0n) is 7.95. The molecule has 0 aromatic rings. The van der Waals surface area contributed by atoms with Crippen molar-refractivity contribution >= 4 is 35.6 Å². The molecule has 0 aliphatic heterocycles. The number of hydrogen-bond donors (Lipinski definition) is 2. The number of rotatable bonds is 4. The molecule has 0 aliphatic rings. The summed E-state index contributed by atoms with van der Waals surface area (Å²) < 4.78 is 0. The van der Waals surface area contributed by atoms with Crippen LogP contribution in [0.1, 0.15) is 39.5 Å². The average molecular weight is 304 g/mol. The second-order valence-electron chi connectivity index (χ2n) is 2.29. The van der Waals surface area contributed by atoms with Crippen molar-refractivity contribution in [3.8, 4) is 0 Å². The molecular formula is C8H16O4Te. The van der Waals surface area contributed by atoms with Crippen molar-refractivity contribution in [3.05, 3.63) is 0 Å². The number of aliphatic carboxylic acids is 2. The van der Waals surface area contributed by atoms with E-state index in [0.29, 0.717) is 12.8 Å². The van der Waals surface area contributed by atoms with E-state index in [2.05, 4.69) is 0 Å². The maximum Gasteiger partial charge on any atom is 0.303 e. The predicted molar refractivity (Wildman–Crippen MR) is 50.8 cm³/mol. The molecule has 0 rings (SSSR count). The summed E-state index contributed by atoms with van der Waals surface area (Å²) >= 11 is 0. The Bertz CT molecular complexity index is 120. The van der Waals surface area contributed by atoms with E-state index in [0.717, 1.165) is 12.8 Å². The van der Waals surface area contributed by atoms with Crippen molar-refractivity contribution in [2.24, 2.45) is 0 Å². The molecule has 0 unspecified atom stereocenters. The Hall–Kier alpha value is -0.270. The van der Waals surface area contributed by atoms with Crippen molar-refractivity contribution in [3.63, 3.8) is 0 Å². The van der Waals surface area contributed by atoms with Crippen molar-refractivity contribution < 1.29 is 19.8 Å². The Morgan fingerprint density at radius 1 is 0.923 bits per heavy atom. The fourth-order valence-corrected chi connectivity index (χ4v) is 0.428. The van der Waals surface area contributed by atoms with Crippen molar-refractivity contribution in [1.82, 2.24) is 0 Å². The van der Waals surface area contributed by atoms with Gasteiger partial charge in [0.1, 0.15) is 0 Å². The van der Waals surface area contributed by atoms with E-state index >= 15 is 0 Å². The first kappa shape index (κ1) is 18.5. The minimum atomic E-state index is -0.711. The minimum absolute atomic E-state index is 0. The van der Waals surface area contributed by atoms with E-state index in [1.165, 1.54) is 0 Å². The summed E-state index contributed by atoms with van der Waals surface area (Å²) in [5.41, 5.74) is 0. The van der Waals surface area contributed by atoms with Crippen molar-refractivity contribution in [1.29, 1.82) is 0 Å². The van der Waals surface area contributed by atoms with Gasteiger partial charge in [-0.3, -0.25) is 9.59 Å². The second-order valence-corrected chi connectivity index (χ2v) is 2.29. The van der Waals surface area contributed by atoms with Gasteiger partial charge in [0.2, 0.25) is 0 Å². The molecular weight excluding hydrogens is 288 g/mol. The maximum atomic E-state index is 9.60. The smallest absolute Gasteiger partial charge is 0.303 e. The van der Waals surface area contributed by atoms with Crippen LogP contribution in [0, 0.1) is 0 Å².